The molecular formula is C17H19NS2. The third-order valence-corrected chi connectivity index (χ3v) is 8.04. The average Bonchev–Trinajstić information content (AvgIpc) is 3.16. The highest BCUT2D eigenvalue weighted by atomic mass is 32.2. The molecule has 0 unspecified atom stereocenters. The molecule has 0 amide bonds. The summed E-state index contributed by atoms with van der Waals surface area (Å²) in [7, 11) is 0. The second-order valence-corrected chi connectivity index (χ2v) is 8.59. The van der Waals surface area contributed by atoms with E-state index in [0.29, 0.717) is 0 Å². The lowest BCUT2D eigenvalue weighted by Crippen LogP contribution is -2.28. The number of rotatable bonds is 2. The normalized spacial score (nSPS) is 21.8. The second-order valence-electron chi connectivity index (χ2n) is 5.75. The summed E-state index contributed by atoms with van der Waals surface area (Å²) in [5.74, 6) is 0.787. The van der Waals surface area contributed by atoms with Crippen LogP contribution in [0.4, 0.5) is 0 Å². The maximum Gasteiger partial charge on any atom is 0.0996 e. The highest BCUT2D eigenvalue weighted by Crippen LogP contribution is 2.66. The predicted octanol–water partition coefficient (Wildman–Crippen LogP) is 5.65. The lowest BCUT2D eigenvalue weighted by molar-refractivity contribution is 0.336. The Labute approximate surface area is 128 Å². The van der Waals surface area contributed by atoms with Crippen molar-refractivity contribution in [3.05, 3.63) is 48.3 Å². The van der Waals surface area contributed by atoms with E-state index in [0.717, 1.165) is 5.92 Å². The molecule has 1 aliphatic carbocycles. The topological polar surface area (TPSA) is 15.8 Å². The SMILES string of the molecule is c1ccc2c(c1)SC(c1cc[nH]c1)(C1CCCCC1)S2. The van der Waals surface area contributed by atoms with Gasteiger partial charge in [0.1, 0.15) is 0 Å². The number of nitrogens with one attached hydrogen (secondary N) is 1. The second kappa shape index (κ2) is 5.19. The van der Waals surface area contributed by atoms with Gasteiger partial charge < -0.3 is 4.98 Å². The first kappa shape index (κ1) is 12.9. The number of hydrogen-bond acceptors (Lipinski definition) is 2. The first-order chi connectivity index (χ1) is 9.88. The number of H-pyrrole nitrogens is 1. The standard InChI is InChI=1S/C17H19NS2/c1-2-6-13(7-3-1)17(14-10-11-18-12-14)19-15-8-4-5-9-16(15)20-17/h4-5,8-13,18H,1-3,6-7H2. The minimum atomic E-state index is 0.199. The average molecular weight is 301 g/mol. The van der Waals surface area contributed by atoms with Crippen LogP contribution in [0, 0.1) is 5.92 Å². The van der Waals surface area contributed by atoms with Crippen molar-refractivity contribution >= 4 is 23.5 Å². The van der Waals surface area contributed by atoms with E-state index >= 15 is 0 Å². The van der Waals surface area contributed by atoms with E-state index < -0.39 is 0 Å². The fourth-order valence-corrected chi connectivity index (χ4v) is 7.04. The van der Waals surface area contributed by atoms with Crippen molar-refractivity contribution in [3.63, 3.8) is 0 Å². The van der Waals surface area contributed by atoms with Crippen LogP contribution >= 0.6 is 23.5 Å². The predicted molar refractivity (Wildman–Crippen MR) is 87.2 cm³/mol. The Kier molecular flexibility index (Phi) is 3.35. The van der Waals surface area contributed by atoms with Crippen LogP contribution in [0.25, 0.3) is 0 Å². The van der Waals surface area contributed by atoms with E-state index in [4.69, 9.17) is 0 Å². The summed E-state index contributed by atoms with van der Waals surface area (Å²) in [6, 6.07) is 11.2. The van der Waals surface area contributed by atoms with Crippen molar-refractivity contribution in [3.8, 4) is 0 Å². The van der Waals surface area contributed by atoms with Crippen molar-refractivity contribution < 1.29 is 0 Å². The molecule has 0 spiro atoms. The number of fused-ring (bicyclic) bond motifs is 1. The van der Waals surface area contributed by atoms with Gasteiger partial charge >= 0.3 is 0 Å². The Morgan fingerprint density at radius 2 is 1.65 bits per heavy atom. The molecule has 0 saturated heterocycles. The summed E-state index contributed by atoms with van der Waals surface area (Å²) in [5, 5.41) is 0. The van der Waals surface area contributed by atoms with Crippen LogP contribution in [0.1, 0.15) is 37.7 Å². The molecule has 1 saturated carbocycles. The molecule has 104 valence electrons. The molecule has 3 heteroatoms. The van der Waals surface area contributed by atoms with Crippen LogP contribution < -0.4 is 0 Å². The van der Waals surface area contributed by atoms with Crippen molar-refractivity contribution in [2.45, 2.75) is 46.0 Å². The summed E-state index contributed by atoms with van der Waals surface area (Å²) in [5.41, 5.74) is 1.47. The first-order valence-electron chi connectivity index (χ1n) is 7.49. The summed E-state index contributed by atoms with van der Waals surface area (Å²) in [6.45, 7) is 0. The van der Waals surface area contributed by atoms with Crippen LogP contribution in [-0.4, -0.2) is 4.98 Å². The van der Waals surface area contributed by atoms with E-state index in [1.165, 1.54) is 47.5 Å². The van der Waals surface area contributed by atoms with Crippen molar-refractivity contribution in [1.82, 2.24) is 4.98 Å². The fourth-order valence-electron chi connectivity index (χ4n) is 3.51. The van der Waals surface area contributed by atoms with Gasteiger partial charge in [0.2, 0.25) is 0 Å². The summed E-state index contributed by atoms with van der Waals surface area (Å²) < 4.78 is 0.199. The maximum absolute atomic E-state index is 3.27. The van der Waals surface area contributed by atoms with Gasteiger partial charge in [0.25, 0.3) is 0 Å². The molecule has 2 aromatic rings. The Balaban J connectivity index is 1.76. The molecule has 1 fully saturated rings. The van der Waals surface area contributed by atoms with E-state index in [1.807, 2.05) is 0 Å². The van der Waals surface area contributed by atoms with Crippen LogP contribution in [0.3, 0.4) is 0 Å². The quantitative estimate of drug-likeness (QED) is 0.771. The zero-order chi connectivity index (χ0) is 13.4. The highest BCUT2D eigenvalue weighted by molar-refractivity contribution is 8.20. The van der Waals surface area contributed by atoms with Gasteiger partial charge in [-0.2, -0.15) is 0 Å². The van der Waals surface area contributed by atoms with Gasteiger partial charge in [0, 0.05) is 22.2 Å². The summed E-state index contributed by atoms with van der Waals surface area (Å²) >= 11 is 4.18. The van der Waals surface area contributed by atoms with Gasteiger partial charge in [-0.3, -0.25) is 0 Å². The first-order valence-corrected chi connectivity index (χ1v) is 9.12. The molecule has 2 heterocycles. The van der Waals surface area contributed by atoms with E-state index in [9.17, 15) is 0 Å². The van der Waals surface area contributed by atoms with Crippen LogP contribution in [0.2, 0.25) is 0 Å². The minimum absolute atomic E-state index is 0.199. The Bertz CT molecular complexity index is 560. The van der Waals surface area contributed by atoms with E-state index in [1.54, 1.807) is 0 Å². The zero-order valence-corrected chi connectivity index (χ0v) is 13.1. The smallest absolute Gasteiger partial charge is 0.0996 e. The summed E-state index contributed by atoms with van der Waals surface area (Å²) in [6.07, 6.45) is 11.2. The lowest BCUT2D eigenvalue weighted by atomic mass is 9.84. The molecule has 2 aliphatic rings. The molecule has 1 nitrogen and oxygen atoms in total. The molecule has 0 bridgehead atoms. The van der Waals surface area contributed by atoms with Crippen LogP contribution in [0.5, 0.6) is 0 Å². The number of aromatic amines is 1. The zero-order valence-electron chi connectivity index (χ0n) is 11.5. The number of aromatic nitrogens is 1. The molecule has 4 rings (SSSR count). The van der Waals surface area contributed by atoms with Gasteiger partial charge in [-0.25, -0.2) is 0 Å². The molecule has 1 aromatic carbocycles. The van der Waals surface area contributed by atoms with Gasteiger partial charge in [-0.1, -0.05) is 31.4 Å². The Morgan fingerprint density at radius 1 is 0.950 bits per heavy atom. The van der Waals surface area contributed by atoms with Gasteiger partial charge in [-0.05, 0) is 42.5 Å². The monoisotopic (exact) mass is 301 g/mol. The fraction of sp³-hybridized carbons (Fsp3) is 0.412. The third-order valence-electron chi connectivity index (χ3n) is 4.52. The van der Waals surface area contributed by atoms with Gasteiger partial charge in [-0.15, -0.1) is 23.5 Å². The van der Waals surface area contributed by atoms with Crippen molar-refractivity contribution in [2.75, 3.05) is 0 Å². The third kappa shape index (κ3) is 2.03. The van der Waals surface area contributed by atoms with E-state index in [-0.39, 0.29) is 4.08 Å². The molecular weight excluding hydrogens is 282 g/mol. The van der Waals surface area contributed by atoms with Crippen LogP contribution in [-0.2, 0) is 4.08 Å². The van der Waals surface area contributed by atoms with Crippen LogP contribution in [0.15, 0.2) is 52.5 Å². The minimum Gasteiger partial charge on any atom is -0.367 e. The van der Waals surface area contributed by atoms with Gasteiger partial charge in [0.15, 0.2) is 0 Å². The Hall–Kier alpha value is -0.800. The largest absolute Gasteiger partial charge is 0.367 e. The van der Waals surface area contributed by atoms with E-state index in [2.05, 4.69) is 71.2 Å². The van der Waals surface area contributed by atoms with Crippen molar-refractivity contribution in [2.24, 2.45) is 5.92 Å². The molecule has 0 radical (unpaired) electrons. The maximum atomic E-state index is 3.27. The van der Waals surface area contributed by atoms with Crippen molar-refractivity contribution in [1.29, 1.82) is 0 Å². The molecule has 20 heavy (non-hydrogen) atoms. The lowest BCUT2D eigenvalue weighted by Gasteiger charge is -2.38. The highest BCUT2D eigenvalue weighted by Gasteiger charge is 2.47. The molecule has 0 atom stereocenters. The summed E-state index contributed by atoms with van der Waals surface area (Å²) in [4.78, 5) is 6.20. The number of benzene rings is 1. The molecule has 1 aliphatic heterocycles. The Morgan fingerprint density at radius 3 is 2.25 bits per heavy atom. The molecule has 1 N–H and O–H groups in total. The number of thioether (sulfide) groups is 2. The molecule has 1 aromatic heterocycles. The number of hydrogen-bond donors (Lipinski definition) is 1. The van der Waals surface area contributed by atoms with Gasteiger partial charge in [0.05, 0.1) is 4.08 Å².